The van der Waals surface area contributed by atoms with Gasteiger partial charge in [0.1, 0.15) is 18.3 Å². The number of rotatable bonds is 13. The summed E-state index contributed by atoms with van der Waals surface area (Å²) in [6.07, 6.45) is 2.67. The molecule has 29 heavy (non-hydrogen) atoms. The van der Waals surface area contributed by atoms with Crippen LogP contribution >= 0.6 is 7.37 Å². The van der Waals surface area contributed by atoms with E-state index < -0.39 is 31.5 Å². The SMILES string of the molecule is CCCCOC[C@H]1OP(=O)(CCCc2ccccc2)C(O)[C@@H](O)[C@@H]1OCCCC. The van der Waals surface area contributed by atoms with Crippen LogP contribution < -0.4 is 0 Å². The average Bonchev–Trinajstić information content (AvgIpc) is 2.72. The second-order valence-electron chi connectivity index (χ2n) is 7.70. The van der Waals surface area contributed by atoms with Crippen LogP contribution in [0.15, 0.2) is 30.3 Å². The third kappa shape index (κ3) is 7.46. The van der Waals surface area contributed by atoms with Gasteiger partial charge in [-0.25, -0.2) is 0 Å². The highest BCUT2D eigenvalue weighted by atomic mass is 31.2. The summed E-state index contributed by atoms with van der Waals surface area (Å²) in [7, 11) is -3.44. The van der Waals surface area contributed by atoms with E-state index >= 15 is 0 Å². The lowest BCUT2D eigenvalue weighted by atomic mass is 10.1. The molecule has 0 bridgehead atoms. The van der Waals surface area contributed by atoms with Gasteiger partial charge in [-0.15, -0.1) is 0 Å². The van der Waals surface area contributed by atoms with Crippen LogP contribution in [0.5, 0.6) is 0 Å². The second kappa shape index (κ2) is 12.8. The molecule has 1 aliphatic heterocycles. The van der Waals surface area contributed by atoms with Gasteiger partial charge in [-0.3, -0.25) is 4.57 Å². The summed E-state index contributed by atoms with van der Waals surface area (Å²) < 4.78 is 30.8. The van der Waals surface area contributed by atoms with Crippen LogP contribution in [0.1, 0.15) is 51.5 Å². The first-order valence-electron chi connectivity index (χ1n) is 10.9. The van der Waals surface area contributed by atoms with Crippen molar-refractivity contribution in [3.8, 4) is 0 Å². The predicted octanol–water partition coefficient (Wildman–Crippen LogP) is 3.98. The smallest absolute Gasteiger partial charge is 0.233 e. The Bertz CT molecular complexity index is 611. The fraction of sp³-hybridized carbons (Fsp3) is 0.727. The van der Waals surface area contributed by atoms with Crippen LogP contribution in [0, 0.1) is 0 Å². The van der Waals surface area contributed by atoms with Crippen LogP contribution in [-0.2, 0) is 25.0 Å². The Labute approximate surface area is 175 Å². The minimum atomic E-state index is -3.44. The van der Waals surface area contributed by atoms with Crippen LogP contribution in [0.2, 0.25) is 0 Å². The zero-order valence-corrected chi connectivity index (χ0v) is 18.6. The molecule has 6 nitrogen and oxygen atoms in total. The van der Waals surface area contributed by atoms with E-state index in [4.69, 9.17) is 14.0 Å². The zero-order chi connectivity index (χ0) is 21.1. The molecule has 1 aromatic carbocycles. The standard InChI is InChI=1S/C22H37O6P/c1-3-5-14-26-17-19-21(27-15-6-4-2)20(23)22(24)29(25,28-19)16-10-13-18-11-8-7-9-12-18/h7-9,11-12,19-24H,3-6,10,13-17H2,1-2H3/t19-,20+,21-,22?,29?/m1/s1. The average molecular weight is 429 g/mol. The number of benzene rings is 1. The van der Waals surface area contributed by atoms with Gasteiger partial charge in [0.15, 0.2) is 5.85 Å². The van der Waals surface area contributed by atoms with Gasteiger partial charge in [0.05, 0.1) is 6.61 Å². The van der Waals surface area contributed by atoms with Gasteiger partial charge in [0.2, 0.25) is 7.37 Å². The number of hydrogen-bond acceptors (Lipinski definition) is 6. The molecule has 1 fully saturated rings. The molecule has 1 saturated heterocycles. The molecule has 1 heterocycles. The lowest BCUT2D eigenvalue weighted by molar-refractivity contribution is -0.148. The summed E-state index contributed by atoms with van der Waals surface area (Å²) >= 11 is 0. The van der Waals surface area contributed by atoms with Gasteiger partial charge in [0.25, 0.3) is 0 Å². The van der Waals surface area contributed by atoms with Crippen molar-refractivity contribution in [2.75, 3.05) is 26.0 Å². The minimum absolute atomic E-state index is 0.198. The Kier molecular flexibility index (Phi) is 10.9. The molecule has 0 aromatic heterocycles. The summed E-state index contributed by atoms with van der Waals surface area (Å²) in [6, 6.07) is 9.93. The van der Waals surface area contributed by atoms with Crippen molar-refractivity contribution in [2.45, 2.75) is 76.5 Å². The third-order valence-electron chi connectivity index (χ3n) is 5.24. The fourth-order valence-corrected chi connectivity index (χ4v) is 5.82. The van der Waals surface area contributed by atoms with E-state index in [2.05, 4.69) is 13.8 Å². The highest BCUT2D eigenvalue weighted by Gasteiger charge is 2.51. The Morgan fingerprint density at radius 3 is 2.41 bits per heavy atom. The molecule has 2 rings (SSSR count). The molecule has 0 saturated carbocycles. The molecule has 0 spiro atoms. The zero-order valence-electron chi connectivity index (χ0n) is 17.7. The van der Waals surface area contributed by atoms with Crippen LogP contribution in [-0.4, -0.2) is 60.4 Å². The molecular formula is C22H37O6P. The summed E-state index contributed by atoms with van der Waals surface area (Å²) in [5, 5.41) is 21.3. The summed E-state index contributed by atoms with van der Waals surface area (Å²) in [5.41, 5.74) is 1.14. The van der Waals surface area contributed by atoms with E-state index in [0.717, 1.165) is 37.7 Å². The fourth-order valence-electron chi connectivity index (χ4n) is 3.45. The second-order valence-corrected chi connectivity index (χ2v) is 10.3. The molecule has 0 aliphatic carbocycles. The summed E-state index contributed by atoms with van der Waals surface area (Å²) in [4.78, 5) is 0. The Balaban J connectivity index is 2.00. The predicted molar refractivity (Wildman–Crippen MR) is 114 cm³/mol. The van der Waals surface area contributed by atoms with Crippen LogP contribution in [0.3, 0.4) is 0 Å². The van der Waals surface area contributed by atoms with Crippen molar-refractivity contribution in [2.24, 2.45) is 0 Å². The normalized spacial score (nSPS) is 29.8. The van der Waals surface area contributed by atoms with Crippen molar-refractivity contribution < 1.29 is 28.8 Å². The van der Waals surface area contributed by atoms with Crippen molar-refractivity contribution >= 4 is 7.37 Å². The number of unbranched alkanes of at least 4 members (excludes halogenated alkanes) is 2. The summed E-state index contributed by atoms with van der Waals surface area (Å²) in [5.74, 6) is -1.43. The maximum Gasteiger partial charge on any atom is 0.233 e. The Hall–Kier alpha value is -0.750. The molecule has 2 unspecified atom stereocenters. The van der Waals surface area contributed by atoms with E-state index in [0.29, 0.717) is 19.6 Å². The molecule has 0 radical (unpaired) electrons. The Morgan fingerprint density at radius 1 is 1.03 bits per heavy atom. The lowest BCUT2D eigenvalue weighted by Gasteiger charge is -2.42. The number of hydrogen-bond donors (Lipinski definition) is 2. The lowest BCUT2D eigenvalue weighted by Crippen LogP contribution is -2.53. The van der Waals surface area contributed by atoms with Crippen LogP contribution in [0.4, 0.5) is 0 Å². The largest absolute Gasteiger partial charge is 0.387 e. The number of ether oxygens (including phenoxy) is 2. The quantitative estimate of drug-likeness (QED) is 0.365. The van der Waals surface area contributed by atoms with E-state index in [1.54, 1.807) is 0 Å². The monoisotopic (exact) mass is 428 g/mol. The maximum atomic E-state index is 13.4. The number of aliphatic hydroxyl groups is 2. The van der Waals surface area contributed by atoms with Crippen molar-refractivity contribution in [1.29, 1.82) is 0 Å². The highest BCUT2D eigenvalue weighted by molar-refractivity contribution is 7.59. The van der Waals surface area contributed by atoms with Crippen LogP contribution in [0.25, 0.3) is 0 Å². The molecule has 166 valence electrons. The molecular weight excluding hydrogens is 391 g/mol. The van der Waals surface area contributed by atoms with E-state index in [1.807, 2.05) is 30.3 Å². The molecule has 2 N–H and O–H groups in total. The first-order chi connectivity index (χ1) is 14.0. The van der Waals surface area contributed by atoms with Gasteiger partial charge in [-0.05, 0) is 31.2 Å². The molecule has 1 aromatic rings. The van der Waals surface area contributed by atoms with Crippen molar-refractivity contribution in [3.05, 3.63) is 35.9 Å². The summed E-state index contributed by atoms with van der Waals surface area (Å²) in [6.45, 7) is 5.37. The first-order valence-corrected chi connectivity index (χ1v) is 12.8. The van der Waals surface area contributed by atoms with Crippen molar-refractivity contribution in [1.82, 2.24) is 0 Å². The van der Waals surface area contributed by atoms with Gasteiger partial charge in [-0.1, -0.05) is 57.0 Å². The maximum absolute atomic E-state index is 13.4. The van der Waals surface area contributed by atoms with E-state index in [1.165, 1.54) is 0 Å². The van der Waals surface area contributed by atoms with Gasteiger partial charge < -0.3 is 24.2 Å². The molecule has 7 heteroatoms. The van der Waals surface area contributed by atoms with E-state index in [9.17, 15) is 14.8 Å². The Morgan fingerprint density at radius 2 is 1.72 bits per heavy atom. The number of aliphatic hydroxyl groups excluding tert-OH is 2. The number of aryl methyl sites for hydroxylation is 1. The van der Waals surface area contributed by atoms with E-state index in [-0.39, 0.29) is 12.8 Å². The minimum Gasteiger partial charge on any atom is -0.387 e. The van der Waals surface area contributed by atoms with Crippen molar-refractivity contribution in [3.63, 3.8) is 0 Å². The topological polar surface area (TPSA) is 85.2 Å². The van der Waals surface area contributed by atoms with Gasteiger partial charge in [0, 0.05) is 19.4 Å². The highest BCUT2D eigenvalue weighted by Crippen LogP contribution is 2.57. The molecule has 5 atom stereocenters. The molecule has 1 aliphatic rings. The molecule has 0 amide bonds. The van der Waals surface area contributed by atoms with Gasteiger partial charge in [-0.2, -0.15) is 0 Å². The third-order valence-corrected chi connectivity index (χ3v) is 7.91. The first kappa shape index (κ1) is 24.5. The van der Waals surface area contributed by atoms with Gasteiger partial charge >= 0.3 is 0 Å².